The Morgan fingerprint density at radius 1 is 1.14 bits per heavy atom. The summed E-state index contributed by atoms with van der Waals surface area (Å²) >= 11 is 1.45. The van der Waals surface area contributed by atoms with E-state index in [1.165, 1.54) is 74.3 Å². The molecule has 4 unspecified atom stereocenters. The molecule has 4 rings (SSSR count). The van der Waals surface area contributed by atoms with Gasteiger partial charge in [-0.1, -0.05) is 63.3 Å². The smallest absolute Gasteiger partial charge is 0.302 e. The second-order valence-electron chi connectivity index (χ2n) is 11.8. The molecule has 0 saturated heterocycles. The second kappa shape index (κ2) is 13.7. The fourth-order valence-electron chi connectivity index (χ4n) is 7.98. The molecule has 0 bridgehead atoms. The number of phenols is 1. The number of nitrogens with one attached hydrogen (secondary N) is 1. The van der Waals surface area contributed by atoms with Crippen molar-refractivity contribution < 1.29 is 14.6 Å². The summed E-state index contributed by atoms with van der Waals surface area (Å²) in [4.78, 5) is 11.8. The molecule has 2 fully saturated rings. The average molecular weight is 596 g/mol. The van der Waals surface area contributed by atoms with Crippen molar-refractivity contribution in [3.63, 3.8) is 0 Å². The molecule has 3 aliphatic carbocycles. The molecule has 208 valence electrons. The number of carbonyl (C=O) groups excluding carboxylic acids is 1. The van der Waals surface area contributed by atoms with Gasteiger partial charge in [0.25, 0.3) is 0 Å². The fourth-order valence-corrected chi connectivity index (χ4v) is 8.55. The Bertz CT molecular complexity index is 928. The number of phenolic OH excluding ortho intramolecular Hbond substituents is 1. The minimum absolute atomic E-state index is 0. The Kier molecular flexibility index (Phi) is 11.3. The van der Waals surface area contributed by atoms with E-state index in [1.54, 1.807) is 6.92 Å². The molecular weight excluding hydrogens is 548 g/mol. The third kappa shape index (κ3) is 7.26. The van der Waals surface area contributed by atoms with Crippen LogP contribution in [0.1, 0.15) is 108 Å². The van der Waals surface area contributed by atoms with E-state index in [0.29, 0.717) is 29.4 Å². The number of unbranched alkanes of at least 4 members (excludes halogenated alkanes) is 6. The van der Waals surface area contributed by atoms with E-state index in [2.05, 4.69) is 13.0 Å². The van der Waals surface area contributed by atoms with Crippen LogP contribution in [0.5, 0.6) is 5.75 Å². The highest BCUT2D eigenvalue weighted by Gasteiger charge is 2.57. The first-order valence-corrected chi connectivity index (χ1v) is 15.2. The number of rotatable bonds is 11. The molecule has 2 saturated carbocycles. The van der Waals surface area contributed by atoms with Gasteiger partial charge in [-0.15, -0.1) is 17.0 Å². The molecule has 5 nitrogen and oxygen atoms in total. The zero-order valence-electron chi connectivity index (χ0n) is 22.7. The number of carbonyl (C=O) groups is 1. The lowest BCUT2D eigenvalue weighted by Crippen LogP contribution is -2.48. The van der Waals surface area contributed by atoms with E-state index >= 15 is 0 Å². The molecule has 37 heavy (non-hydrogen) atoms. The number of benzene rings is 1. The lowest BCUT2D eigenvalue weighted by Gasteiger charge is -2.53. The van der Waals surface area contributed by atoms with Crippen molar-refractivity contribution in [2.24, 2.45) is 28.9 Å². The maximum atomic E-state index is 11.8. The quantitative estimate of drug-likeness (QED) is 0.105. The number of thioether (sulfide) groups is 1. The maximum absolute atomic E-state index is 11.8. The van der Waals surface area contributed by atoms with Crippen LogP contribution < -0.4 is 5.73 Å². The monoisotopic (exact) mass is 594 g/mol. The molecule has 0 amide bonds. The molecule has 0 aliphatic heterocycles. The van der Waals surface area contributed by atoms with Gasteiger partial charge >= 0.3 is 5.97 Å². The number of halogens is 1. The van der Waals surface area contributed by atoms with Gasteiger partial charge in [0.2, 0.25) is 0 Å². The first-order valence-electron chi connectivity index (χ1n) is 14.3. The van der Waals surface area contributed by atoms with E-state index in [4.69, 9.17) is 15.9 Å². The number of hydrogen-bond acceptors (Lipinski definition) is 5. The predicted molar refractivity (Wildman–Crippen MR) is 159 cm³/mol. The van der Waals surface area contributed by atoms with E-state index < -0.39 is 0 Å². The van der Waals surface area contributed by atoms with Gasteiger partial charge in [0.15, 0.2) is 5.17 Å². The highest BCUT2D eigenvalue weighted by Crippen LogP contribution is 2.63. The summed E-state index contributed by atoms with van der Waals surface area (Å²) in [6, 6.07) is 6.08. The number of esters is 1. The van der Waals surface area contributed by atoms with Gasteiger partial charge in [0.05, 0.1) is 0 Å². The maximum Gasteiger partial charge on any atom is 0.302 e. The number of amidine groups is 1. The lowest BCUT2D eigenvalue weighted by atomic mass is 9.52. The zero-order valence-corrected chi connectivity index (χ0v) is 25.2. The van der Waals surface area contributed by atoms with Crippen LogP contribution in [0.3, 0.4) is 0 Å². The van der Waals surface area contributed by atoms with Gasteiger partial charge < -0.3 is 15.6 Å². The number of ether oxygens (including phenoxy) is 1. The second-order valence-corrected chi connectivity index (χ2v) is 13.0. The van der Waals surface area contributed by atoms with E-state index in [9.17, 15) is 9.90 Å². The molecule has 7 heteroatoms. The molecule has 1 aromatic carbocycles. The van der Waals surface area contributed by atoms with Gasteiger partial charge in [-0.2, -0.15) is 0 Å². The minimum Gasteiger partial charge on any atom is -0.508 e. The summed E-state index contributed by atoms with van der Waals surface area (Å²) in [6.45, 7) is 3.95. The topological polar surface area (TPSA) is 96.4 Å². The summed E-state index contributed by atoms with van der Waals surface area (Å²) in [5.41, 5.74) is 8.33. The van der Waals surface area contributed by atoms with Crippen LogP contribution in [0.25, 0.3) is 0 Å². The van der Waals surface area contributed by atoms with Crippen molar-refractivity contribution in [2.75, 3.05) is 5.75 Å². The van der Waals surface area contributed by atoms with Gasteiger partial charge in [-0.05, 0) is 91.9 Å². The van der Waals surface area contributed by atoms with Gasteiger partial charge in [-0.25, -0.2) is 0 Å². The van der Waals surface area contributed by atoms with Crippen molar-refractivity contribution in [3.05, 3.63) is 29.3 Å². The van der Waals surface area contributed by atoms with Gasteiger partial charge in [0.1, 0.15) is 11.9 Å². The third-order valence-corrected chi connectivity index (χ3v) is 10.4. The van der Waals surface area contributed by atoms with Crippen LogP contribution >= 0.6 is 28.7 Å². The fraction of sp³-hybridized carbons (Fsp3) is 0.733. The van der Waals surface area contributed by atoms with Crippen molar-refractivity contribution >= 4 is 39.9 Å². The molecule has 4 N–H and O–H groups in total. The van der Waals surface area contributed by atoms with Gasteiger partial charge in [0, 0.05) is 18.1 Å². The normalized spacial score (nSPS) is 29.9. The largest absolute Gasteiger partial charge is 0.508 e. The number of fused-ring (bicyclic) bond motifs is 5. The Balaban J connectivity index is 0.00000380. The van der Waals surface area contributed by atoms with Crippen LogP contribution in [-0.4, -0.2) is 28.1 Å². The molecule has 1 aromatic rings. The van der Waals surface area contributed by atoms with Crippen molar-refractivity contribution in [1.82, 2.24) is 0 Å². The first-order chi connectivity index (χ1) is 17.3. The van der Waals surface area contributed by atoms with Crippen LogP contribution in [0, 0.1) is 28.6 Å². The molecule has 0 spiro atoms. The molecule has 0 heterocycles. The standard InChI is InChI=1S/C30H46N2O3S.BrH/c1-20(33)35-27-14-13-26-28-21(10-8-6-4-3-5-7-9-17-36-29(31)32)18-22-19-23(34)11-12-24(22)25(28)15-16-30(26,27)2;/h11-12,19,21,25-28,34H,3-10,13-18H2,1-2H3,(H3,31,32);1H/t21?,25?,26?,27-,28?,30-;/m0./s1. The Morgan fingerprint density at radius 3 is 2.54 bits per heavy atom. The summed E-state index contributed by atoms with van der Waals surface area (Å²) in [7, 11) is 0. The van der Waals surface area contributed by atoms with Crippen LogP contribution in [0.4, 0.5) is 0 Å². The first kappa shape index (κ1) is 30.3. The third-order valence-electron chi connectivity index (χ3n) is 9.58. The van der Waals surface area contributed by atoms with Crippen molar-refractivity contribution in [2.45, 2.75) is 109 Å². The van der Waals surface area contributed by atoms with Crippen LogP contribution in [0.2, 0.25) is 0 Å². The SMILES string of the molecule is Br.CC(=O)O[C@H]1CCC2C3C(CCCCCCCCCSC(=N)N)Cc4cc(O)ccc4C3CC[C@@]21C. The summed E-state index contributed by atoms with van der Waals surface area (Å²) in [5.74, 6) is 3.71. The molecule has 3 aliphatic rings. The highest BCUT2D eigenvalue weighted by atomic mass is 79.9. The predicted octanol–water partition coefficient (Wildman–Crippen LogP) is 7.73. The number of nitrogens with two attached hydrogens (primary N) is 1. The lowest BCUT2D eigenvalue weighted by molar-refractivity contribution is -0.155. The summed E-state index contributed by atoms with van der Waals surface area (Å²) < 4.78 is 5.87. The van der Waals surface area contributed by atoms with Crippen molar-refractivity contribution in [1.29, 1.82) is 5.41 Å². The Hall–Kier alpha value is -1.21. The summed E-state index contributed by atoms with van der Waals surface area (Å²) in [5, 5.41) is 17.7. The molecule has 0 aromatic heterocycles. The molecule has 6 atom stereocenters. The minimum atomic E-state index is -0.136. The Morgan fingerprint density at radius 2 is 1.84 bits per heavy atom. The highest BCUT2D eigenvalue weighted by molar-refractivity contribution is 8.93. The average Bonchev–Trinajstić information content (AvgIpc) is 3.15. The molecule has 0 radical (unpaired) electrons. The van der Waals surface area contributed by atoms with E-state index in [1.807, 2.05) is 12.1 Å². The van der Waals surface area contributed by atoms with E-state index in [0.717, 1.165) is 37.9 Å². The number of hydrogen-bond donors (Lipinski definition) is 3. The zero-order chi connectivity index (χ0) is 25.7. The van der Waals surface area contributed by atoms with E-state index in [-0.39, 0.29) is 39.6 Å². The van der Waals surface area contributed by atoms with Crippen LogP contribution in [-0.2, 0) is 16.0 Å². The van der Waals surface area contributed by atoms with Crippen LogP contribution in [0.15, 0.2) is 18.2 Å². The van der Waals surface area contributed by atoms with Crippen molar-refractivity contribution in [3.8, 4) is 5.75 Å². The molecular formula is C30H47BrN2O3S. The summed E-state index contributed by atoms with van der Waals surface area (Å²) in [6.07, 6.45) is 15.7. The van der Waals surface area contributed by atoms with Gasteiger partial charge in [-0.3, -0.25) is 10.2 Å². The Labute approximate surface area is 238 Å². The number of aromatic hydroxyl groups is 1.